The number of rotatable bonds is 5. The van der Waals surface area contributed by atoms with Crippen molar-refractivity contribution in [3.8, 4) is 0 Å². The van der Waals surface area contributed by atoms with E-state index >= 15 is 0 Å². The Labute approximate surface area is 193 Å². The van der Waals surface area contributed by atoms with Gasteiger partial charge in [-0.25, -0.2) is 4.99 Å². The molecule has 4 aliphatic rings. The third-order valence-electron chi connectivity index (χ3n) is 8.13. The SMILES string of the molecule is CN(C)[C@H]1CC[C@H](NC(=O)CN2CCN(C3=NC([C@H]4CC[C@H](C)CC4)CN=N3)CC2)CC1. The average molecular weight is 446 g/mol. The normalized spacial score (nSPS) is 34.4. The van der Waals surface area contributed by atoms with Gasteiger partial charge in [-0.1, -0.05) is 19.8 Å². The number of nitrogens with one attached hydrogen (secondary N) is 1. The van der Waals surface area contributed by atoms with Crippen LogP contribution >= 0.6 is 0 Å². The second-order valence-electron chi connectivity index (χ2n) is 10.7. The summed E-state index contributed by atoms with van der Waals surface area (Å²) in [5, 5.41) is 12.1. The molecule has 2 aliphatic heterocycles. The second kappa shape index (κ2) is 11.1. The van der Waals surface area contributed by atoms with Crippen LogP contribution in [0.2, 0.25) is 0 Å². The van der Waals surface area contributed by atoms with E-state index in [0.29, 0.717) is 30.6 Å². The summed E-state index contributed by atoms with van der Waals surface area (Å²) in [6.07, 6.45) is 9.72. The van der Waals surface area contributed by atoms with Gasteiger partial charge >= 0.3 is 0 Å². The van der Waals surface area contributed by atoms with Crippen LogP contribution in [0.4, 0.5) is 0 Å². The third-order valence-corrected chi connectivity index (χ3v) is 8.13. The molecule has 1 unspecified atom stereocenters. The summed E-state index contributed by atoms with van der Waals surface area (Å²) in [6.45, 7) is 7.10. The van der Waals surface area contributed by atoms with Gasteiger partial charge in [0.05, 0.1) is 19.1 Å². The predicted octanol–water partition coefficient (Wildman–Crippen LogP) is 2.61. The molecule has 8 nitrogen and oxygen atoms in total. The molecule has 1 saturated heterocycles. The van der Waals surface area contributed by atoms with E-state index in [4.69, 9.17) is 4.99 Å². The number of guanidine groups is 1. The molecule has 1 amide bonds. The minimum absolute atomic E-state index is 0.174. The summed E-state index contributed by atoms with van der Waals surface area (Å²) in [7, 11) is 4.31. The maximum Gasteiger partial charge on any atom is 0.240 e. The number of aliphatic imine (C=N–C) groups is 1. The summed E-state index contributed by atoms with van der Waals surface area (Å²) in [5.74, 6) is 2.52. The van der Waals surface area contributed by atoms with Crippen molar-refractivity contribution >= 4 is 11.9 Å². The summed E-state index contributed by atoms with van der Waals surface area (Å²) < 4.78 is 0. The molecule has 8 heteroatoms. The molecule has 0 aromatic heterocycles. The van der Waals surface area contributed by atoms with Gasteiger partial charge in [-0.15, -0.1) is 5.11 Å². The third kappa shape index (κ3) is 6.28. The molecule has 0 bridgehead atoms. The van der Waals surface area contributed by atoms with Crippen molar-refractivity contribution in [2.75, 3.05) is 53.4 Å². The molecule has 4 rings (SSSR count). The van der Waals surface area contributed by atoms with Crippen molar-refractivity contribution in [2.45, 2.75) is 76.4 Å². The molecule has 0 aromatic carbocycles. The van der Waals surface area contributed by atoms with E-state index in [0.717, 1.165) is 57.4 Å². The molecule has 1 atom stereocenters. The lowest BCUT2D eigenvalue weighted by Gasteiger charge is -2.37. The van der Waals surface area contributed by atoms with Crippen molar-refractivity contribution in [1.29, 1.82) is 0 Å². The number of amides is 1. The van der Waals surface area contributed by atoms with Gasteiger partial charge in [0.2, 0.25) is 11.9 Å². The first-order valence-corrected chi connectivity index (χ1v) is 12.9. The lowest BCUT2D eigenvalue weighted by molar-refractivity contribution is -0.123. The molecule has 0 spiro atoms. The van der Waals surface area contributed by atoms with Gasteiger partial charge in [-0.05, 0) is 64.5 Å². The van der Waals surface area contributed by atoms with Crippen molar-refractivity contribution in [3.05, 3.63) is 0 Å². The first kappa shape index (κ1) is 23.6. The van der Waals surface area contributed by atoms with Gasteiger partial charge in [0.25, 0.3) is 0 Å². The number of carbonyl (C=O) groups excluding carboxylic acids is 1. The fourth-order valence-corrected chi connectivity index (χ4v) is 5.79. The van der Waals surface area contributed by atoms with E-state index in [9.17, 15) is 4.79 Å². The molecule has 0 aromatic rings. The zero-order chi connectivity index (χ0) is 22.5. The fourth-order valence-electron chi connectivity index (χ4n) is 5.79. The number of hydrogen-bond donors (Lipinski definition) is 1. The van der Waals surface area contributed by atoms with Crippen LogP contribution in [0, 0.1) is 11.8 Å². The Morgan fingerprint density at radius 2 is 1.69 bits per heavy atom. The predicted molar refractivity (Wildman–Crippen MR) is 128 cm³/mol. The number of piperazine rings is 1. The topological polar surface area (TPSA) is 75.9 Å². The summed E-state index contributed by atoms with van der Waals surface area (Å²) >= 11 is 0. The van der Waals surface area contributed by atoms with Crippen molar-refractivity contribution in [3.63, 3.8) is 0 Å². The smallest absolute Gasteiger partial charge is 0.240 e. The van der Waals surface area contributed by atoms with Gasteiger partial charge in [-0.2, -0.15) is 5.11 Å². The minimum atomic E-state index is 0.174. The van der Waals surface area contributed by atoms with Gasteiger partial charge in [-0.3, -0.25) is 9.69 Å². The Hall–Kier alpha value is -1.54. The number of carbonyl (C=O) groups is 1. The first-order valence-electron chi connectivity index (χ1n) is 12.9. The van der Waals surface area contributed by atoms with E-state index in [-0.39, 0.29) is 5.91 Å². The highest BCUT2D eigenvalue weighted by Crippen LogP contribution is 2.32. The summed E-state index contributed by atoms with van der Waals surface area (Å²) in [5.41, 5.74) is 0. The molecular formula is C24H43N7O. The Kier molecular flexibility index (Phi) is 8.16. The zero-order valence-corrected chi connectivity index (χ0v) is 20.4. The van der Waals surface area contributed by atoms with Gasteiger partial charge in [0, 0.05) is 38.3 Å². The highest BCUT2D eigenvalue weighted by atomic mass is 16.2. The number of nitrogens with zero attached hydrogens (tertiary/aromatic N) is 6. The van der Waals surface area contributed by atoms with Crippen LogP contribution in [0.5, 0.6) is 0 Å². The Balaban J connectivity index is 1.19. The van der Waals surface area contributed by atoms with Crippen LogP contribution in [-0.2, 0) is 4.79 Å². The number of hydrogen-bond acceptors (Lipinski definition) is 7. The molecule has 2 saturated carbocycles. The maximum atomic E-state index is 12.6. The van der Waals surface area contributed by atoms with Gasteiger partial charge in [0.1, 0.15) is 0 Å². The first-order chi connectivity index (χ1) is 15.5. The highest BCUT2D eigenvalue weighted by Gasteiger charge is 2.30. The van der Waals surface area contributed by atoms with Crippen LogP contribution in [0.1, 0.15) is 58.3 Å². The van der Waals surface area contributed by atoms with Crippen molar-refractivity contribution in [1.82, 2.24) is 20.0 Å². The van der Waals surface area contributed by atoms with E-state index in [2.05, 4.69) is 51.3 Å². The highest BCUT2D eigenvalue weighted by molar-refractivity contribution is 5.81. The quantitative estimate of drug-likeness (QED) is 0.706. The largest absolute Gasteiger partial charge is 0.352 e. The van der Waals surface area contributed by atoms with Crippen molar-refractivity contribution < 1.29 is 4.79 Å². The molecular weight excluding hydrogens is 402 g/mol. The molecule has 3 fully saturated rings. The van der Waals surface area contributed by atoms with E-state index < -0.39 is 0 Å². The maximum absolute atomic E-state index is 12.6. The van der Waals surface area contributed by atoms with Gasteiger partial charge < -0.3 is 15.1 Å². The molecule has 2 heterocycles. The van der Waals surface area contributed by atoms with Crippen LogP contribution in [-0.4, -0.2) is 98.1 Å². The van der Waals surface area contributed by atoms with Crippen LogP contribution in [0.15, 0.2) is 15.2 Å². The summed E-state index contributed by atoms with van der Waals surface area (Å²) in [4.78, 5) is 24.4. The Bertz CT molecular complexity index is 670. The second-order valence-corrected chi connectivity index (χ2v) is 10.7. The number of azo groups is 1. The van der Waals surface area contributed by atoms with Crippen LogP contribution in [0.3, 0.4) is 0 Å². The van der Waals surface area contributed by atoms with E-state index in [1.807, 2.05) is 0 Å². The Morgan fingerprint density at radius 3 is 2.34 bits per heavy atom. The lowest BCUT2D eigenvalue weighted by atomic mass is 9.79. The summed E-state index contributed by atoms with van der Waals surface area (Å²) in [6, 6.07) is 1.32. The fraction of sp³-hybridized carbons (Fsp3) is 0.917. The molecule has 180 valence electrons. The minimum Gasteiger partial charge on any atom is -0.352 e. The van der Waals surface area contributed by atoms with E-state index in [1.165, 1.54) is 38.5 Å². The van der Waals surface area contributed by atoms with Crippen LogP contribution in [0.25, 0.3) is 0 Å². The molecule has 32 heavy (non-hydrogen) atoms. The average Bonchev–Trinajstić information content (AvgIpc) is 2.80. The van der Waals surface area contributed by atoms with Crippen LogP contribution < -0.4 is 5.32 Å². The Morgan fingerprint density at radius 1 is 1.00 bits per heavy atom. The van der Waals surface area contributed by atoms with E-state index in [1.54, 1.807) is 0 Å². The molecule has 2 aliphatic carbocycles. The molecule has 0 radical (unpaired) electrons. The van der Waals surface area contributed by atoms with Crippen molar-refractivity contribution in [2.24, 2.45) is 27.1 Å². The lowest BCUT2D eigenvalue weighted by Crippen LogP contribution is -2.52. The standard InChI is InChI=1S/C24H43N7O/c1-18-4-6-19(7-5-18)22-16-25-28-24(27-22)31-14-12-30(13-15-31)17-23(32)26-20-8-10-21(11-9-20)29(2)3/h18-22H,4-17H2,1-3H3,(H,26,32)/t18-,19-,20-,21-,22?. The van der Waals surface area contributed by atoms with Gasteiger partial charge in [0.15, 0.2) is 0 Å². The zero-order valence-electron chi connectivity index (χ0n) is 20.4. The monoisotopic (exact) mass is 445 g/mol. The molecule has 1 N–H and O–H groups in total.